The van der Waals surface area contributed by atoms with Crippen molar-refractivity contribution in [2.75, 3.05) is 16.6 Å². The van der Waals surface area contributed by atoms with Crippen molar-refractivity contribution in [3.63, 3.8) is 0 Å². The highest BCUT2D eigenvalue weighted by Gasteiger charge is 2.18. The monoisotopic (exact) mass is 289 g/mol. The Hall–Kier alpha value is -2.08. The molecule has 0 atom stereocenters. The van der Waals surface area contributed by atoms with Crippen LogP contribution >= 0.6 is 0 Å². The molecule has 5 nitrogen and oxygen atoms in total. The van der Waals surface area contributed by atoms with Gasteiger partial charge in [0.1, 0.15) is 5.82 Å². The van der Waals surface area contributed by atoms with Crippen LogP contribution in [-0.2, 0) is 16.4 Å². The third-order valence-electron chi connectivity index (χ3n) is 3.25. The molecule has 2 heterocycles. The van der Waals surface area contributed by atoms with E-state index in [4.69, 9.17) is 0 Å². The average Bonchev–Trinajstić information content (AvgIpc) is 2.88. The smallest absolute Gasteiger partial charge is 0.263 e. The van der Waals surface area contributed by atoms with Crippen molar-refractivity contribution in [2.24, 2.45) is 0 Å². The van der Waals surface area contributed by atoms with E-state index < -0.39 is 10.0 Å². The van der Waals surface area contributed by atoms with Gasteiger partial charge in [-0.05, 0) is 48.7 Å². The van der Waals surface area contributed by atoms with Crippen molar-refractivity contribution in [1.82, 2.24) is 4.98 Å². The second kappa shape index (κ2) is 4.79. The van der Waals surface area contributed by atoms with Gasteiger partial charge in [-0.15, -0.1) is 0 Å². The van der Waals surface area contributed by atoms with Crippen LogP contribution in [0.1, 0.15) is 11.1 Å². The van der Waals surface area contributed by atoms with Crippen molar-refractivity contribution < 1.29 is 8.42 Å². The Balaban J connectivity index is 1.90. The summed E-state index contributed by atoms with van der Waals surface area (Å²) in [7, 11) is -3.59. The Morgan fingerprint density at radius 2 is 2.10 bits per heavy atom. The molecule has 1 aliphatic heterocycles. The van der Waals surface area contributed by atoms with Gasteiger partial charge in [0.2, 0.25) is 0 Å². The van der Waals surface area contributed by atoms with E-state index in [0.717, 1.165) is 29.8 Å². The molecule has 2 N–H and O–H groups in total. The molecular formula is C14H15N3O2S. The molecule has 2 aromatic rings. The van der Waals surface area contributed by atoms with Gasteiger partial charge in [-0.2, -0.15) is 0 Å². The fraction of sp³-hybridized carbons (Fsp3) is 0.214. The van der Waals surface area contributed by atoms with Gasteiger partial charge in [0.05, 0.1) is 4.90 Å². The molecule has 0 spiro atoms. The molecular weight excluding hydrogens is 274 g/mol. The SMILES string of the molecule is Cc1ccc(NS(=O)(=O)c2ccc3c(c2)CCN3)nc1. The molecule has 0 radical (unpaired) electrons. The number of hydrogen-bond donors (Lipinski definition) is 2. The van der Waals surface area contributed by atoms with Crippen LogP contribution in [0, 0.1) is 6.92 Å². The quantitative estimate of drug-likeness (QED) is 0.908. The third kappa shape index (κ3) is 2.46. The molecule has 0 fully saturated rings. The second-order valence-electron chi connectivity index (χ2n) is 4.82. The lowest BCUT2D eigenvalue weighted by Gasteiger charge is -2.09. The number of aromatic nitrogens is 1. The van der Waals surface area contributed by atoms with Gasteiger partial charge in [-0.1, -0.05) is 6.07 Å². The van der Waals surface area contributed by atoms with Gasteiger partial charge < -0.3 is 5.32 Å². The maximum Gasteiger partial charge on any atom is 0.263 e. The highest BCUT2D eigenvalue weighted by molar-refractivity contribution is 7.92. The number of anilines is 2. The van der Waals surface area contributed by atoms with Gasteiger partial charge in [0, 0.05) is 18.4 Å². The third-order valence-corrected chi connectivity index (χ3v) is 4.60. The summed E-state index contributed by atoms with van der Waals surface area (Å²) in [6.07, 6.45) is 2.48. The minimum Gasteiger partial charge on any atom is -0.384 e. The summed E-state index contributed by atoms with van der Waals surface area (Å²) in [6.45, 7) is 2.75. The molecule has 0 unspecified atom stereocenters. The highest BCUT2D eigenvalue weighted by Crippen LogP contribution is 2.25. The minimum absolute atomic E-state index is 0.266. The van der Waals surface area contributed by atoms with Crippen LogP contribution in [0.15, 0.2) is 41.4 Å². The number of sulfonamides is 1. The molecule has 0 bridgehead atoms. The molecule has 20 heavy (non-hydrogen) atoms. The summed E-state index contributed by atoms with van der Waals surface area (Å²) in [5.74, 6) is 0.328. The maximum absolute atomic E-state index is 12.3. The zero-order chi connectivity index (χ0) is 14.2. The van der Waals surface area contributed by atoms with Crippen LogP contribution in [0.4, 0.5) is 11.5 Å². The summed E-state index contributed by atoms with van der Waals surface area (Å²) < 4.78 is 27.1. The molecule has 1 aromatic heterocycles. The highest BCUT2D eigenvalue weighted by atomic mass is 32.2. The molecule has 0 aliphatic carbocycles. The van der Waals surface area contributed by atoms with Crippen LogP contribution in [0.3, 0.4) is 0 Å². The maximum atomic E-state index is 12.3. The van der Waals surface area contributed by atoms with Crippen molar-refractivity contribution in [2.45, 2.75) is 18.2 Å². The first-order chi connectivity index (χ1) is 9.54. The molecule has 3 rings (SSSR count). The molecule has 0 amide bonds. The van der Waals surface area contributed by atoms with E-state index in [1.165, 1.54) is 0 Å². The molecule has 1 aliphatic rings. The fourth-order valence-corrected chi connectivity index (χ4v) is 3.23. The number of pyridine rings is 1. The Morgan fingerprint density at radius 1 is 1.25 bits per heavy atom. The number of nitrogens with zero attached hydrogens (tertiary/aromatic N) is 1. The van der Waals surface area contributed by atoms with E-state index >= 15 is 0 Å². The van der Waals surface area contributed by atoms with E-state index in [9.17, 15) is 8.42 Å². The van der Waals surface area contributed by atoms with Crippen molar-refractivity contribution in [3.05, 3.63) is 47.7 Å². The number of nitrogens with one attached hydrogen (secondary N) is 2. The topological polar surface area (TPSA) is 71.1 Å². The standard InChI is InChI=1S/C14H15N3O2S/c1-10-2-5-14(16-9-10)17-20(18,19)12-3-4-13-11(8-12)6-7-15-13/h2-5,8-9,15H,6-7H2,1H3,(H,16,17). The Morgan fingerprint density at radius 3 is 2.85 bits per heavy atom. The first kappa shape index (κ1) is 12.9. The molecule has 0 saturated heterocycles. The predicted molar refractivity (Wildman–Crippen MR) is 78.4 cm³/mol. The first-order valence-corrected chi connectivity index (χ1v) is 7.85. The first-order valence-electron chi connectivity index (χ1n) is 6.37. The van der Waals surface area contributed by atoms with Crippen molar-refractivity contribution >= 4 is 21.5 Å². The summed E-state index contributed by atoms with van der Waals surface area (Å²) in [4.78, 5) is 4.32. The predicted octanol–water partition coefficient (Wildman–Crippen LogP) is 2.16. The Kier molecular flexibility index (Phi) is 3.10. The second-order valence-corrected chi connectivity index (χ2v) is 6.50. The lowest BCUT2D eigenvalue weighted by Crippen LogP contribution is -2.14. The number of aryl methyl sites for hydroxylation is 1. The lowest BCUT2D eigenvalue weighted by atomic mass is 10.2. The van der Waals surface area contributed by atoms with E-state index in [2.05, 4.69) is 15.0 Å². The Bertz CT molecular complexity index is 740. The van der Waals surface area contributed by atoms with Crippen molar-refractivity contribution in [3.8, 4) is 0 Å². The van der Waals surface area contributed by atoms with Crippen LogP contribution < -0.4 is 10.0 Å². The molecule has 0 saturated carbocycles. The number of fused-ring (bicyclic) bond motifs is 1. The zero-order valence-electron chi connectivity index (χ0n) is 11.1. The van der Waals surface area contributed by atoms with Gasteiger partial charge in [0.15, 0.2) is 0 Å². The normalized spacial score (nSPS) is 13.7. The van der Waals surface area contributed by atoms with Crippen LogP contribution in [0.2, 0.25) is 0 Å². The number of hydrogen-bond acceptors (Lipinski definition) is 4. The van der Waals surface area contributed by atoms with E-state index in [1.807, 2.05) is 13.0 Å². The number of benzene rings is 1. The largest absolute Gasteiger partial charge is 0.384 e. The number of rotatable bonds is 3. The summed E-state index contributed by atoms with van der Waals surface area (Å²) in [6, 6.07) is 8.60. The molecule has 1 aromatic carbocycles. The van der Waals surface area contributed by atoms with E-state index in [-0.39, 0.29) is 4.90 Å². The van der Waals surface area contributed by atoms with Gasteiger partial charge in [-0.25, -0.2) is 13.4 Å². The minimum atomic E-state index is -3.59. The van der Waals surface area contributed by atoms with Gasteiger partial charge in [-0.3, -0.25) is 4.72 Å². The lowest BCUT2D eigenvalue weighted by molar-refractivity contribution is 0.601. The molecule has 6 heteroatoms. The molecule has 104 valence electrons. The summed E-state index contributed by atoms with van der Waals surface area (Å²) in [5, 5.41) is 3.21. The van der Waals surface area contributed by atoms with Gasteiger partial charge in [0.25, 0.3) is 10.0 Å². The van der Waals surface area contributed by atoms with Crippen LogP contribution in [0.25, 0.3) is 0 Å². The average molecular weight is 289 g/mol. The van der Waals surface area contributed by atoms with E-state index in [1.54, 1.807) is 30.5 Å². The summed E-state index contributed by atoms with van der Waals surface area (Å²) >= 11 is 0. The summed E-state index contributed by atoms with van der Waals surface area (Å²) in [5.41, 5.74) is 3.03. The van der Waals surface area contributed by atoms with Crippen LogP contribution in [-0.4, -0.2) is 19.9 Å². The zero-order valence-corrected chi connectivity index (χ0v) is 11.9. The van der Waals surface area contributed by atoms with Crippen molar-refractivity contribution in [1.29, 1.82) is 0 Å². The van der Waals surface area contributed by atoms with Crippen LogP contribution in [0.5, 0.6) is 0 Å². The van der Waals surface area contributed by atoms with Gasteiger partial charge >= 0.3 is 0 Å². The Labute approximate surface area is 118 Å². The fourth-order valence-electron chi connectivity index (χ4n) is 2.17. The van der Waals surface area contributed by atoms with E-state index in [0.29, 0.717) is 5.82 Å².